The molecule has 3 rings (SSSR count). The quantitative estimate of drug-likeness (QED) is 0.842. The number of hydrogen-bond donors (Lipinski definition) is 1. The van der Waals surface area contributed by atoms with Gasteiger partial charge in [0.1, 0.15) is 0 Å². The van der Waals surface area contributed by atoms with Gasteiger partial charge in [0, 0.05) is 12.8 Å². The van der Waals surface area contributed by atoms with Crippen molar-refractivity contribution in [2.45, 2.75) is 64.0 Å². The number of rotatable bonds is 5. The van der Waals surface area contributed by atoms with Crippen molar-refractivity contribution < 1.29 is 18.0 Å². The molecule has 0 atom stereocenters. The minimum atomic E-state index is -3.21. The molecule has 0 bridgehead atoms. The van der Waals surface area contributed by atoms with Crippen molar-refractivity contribution >= 4 is 38.0 Å². The van der Waals surface area contributed by atoms with Crippen molar-refractivity contribution in [3.63, 3.8) is 0 Å². The molecule has 1 saturated carbocycles. The van der Waals surface area contributed by atoms with Gasteiger partial charge in [-0.3, -0.25) is 9.59 Å². The number of nitrogens with zero attached hydrogens (tertiary/aromatic N) is 1. The zero-order chi connectivity index (χ0) is 18.2. The summed E-state index contributed by atoms with van der Waals surface area (Å²) in [5.74, 6) is -0.423. The van der Waals surface area contributed by atoms with E-state index in [-0.39, 0.29) is 34.5 Å². The van der Waals surface area contributed by atoms with Crippen LogP contribution in [0.5, 0.6) is 0 Å². The van der Waals surface area contributed by atoms with Crippen LogP contribution >= 0.6 is 11.3 Å². The first kappa shape index (κ1) is 18.5. The number of ketones is 1. The Morgan fingerprint density at radius 2 is 1.96 bits per heavy atom. The smallest absolute Gasteiger partial charge is 0.227 e. The van der Waals surface area contributed by atoms with Gasteiger partial charge in [-0.25, -0.2) is 13.4 Å². The maximum Gasteiger partial charge on any atom is 0.227 e. The predicted octanol–water partition coefficient (Wildman–Crippen LogP) is 2.98. The summed E-state index contributed by atoms with van der Waals surface area (Å²) in [5, 5.41) is 2.77. The SMILES string of the molecule is CC1(C)CC(=O)c2sc(NC(=O)CCS(=O)(=O)C3CCCC3)nc2C1. The van der Waals surface area contributed by atoms with Gasteiger partial charge in [-0.15, -0.1) is 0 Å². The molecule has 2 aliphatic carbocycles. The van der Waals surface area contributed by atoms with Crippen molar-refractivity contribution in [1.82, 2.24) is 4.98 Å². The van der Waals surface area contributed by atoms with Gasteiger partial charge < -0.3 is 5.32 Å². The summed E-state index contributed by atoms with van der Waals surface area (Å²) in [7, 11) is -3.21. The molecule has 6 nitrogen and oxygen atoms in total. The molecule has 1 heterocycles. The topological polar surface area (TPSA) is 93.2 Å². The highest BCUT2D eigenvalue weighted by molar-refractivity contribution is 7.92. The number of thiazole rings is 1. The van der Waals surface area contributed by atoms with Gasteiger partial charge in [0.05, 0.1) is 21.6 Å². The summed E-state index contributed by atoms with van der Waals surface area (Å²) < 4.78 is 24.5. The fourth-order valence-electron chi connectivity index (χ4n) is 3.60. The Morgan fingerprint density at radius 1 is 1.28 bits per heavy atom. The molecule has 8 heteroatoms. The number of sulfone groups is 1. The van der Waals surface area contributed by atoms with E-state index >= 15 is 0 Å². The van der Waals surface area contributed by atoms with Crippen LogP contribution in [0.4, 0.5) is 5.13 Å². The number of hydrogen-bond acceptors (Lipinski definition) is 6. The van der Waals surface area contributed by atoms with Crippen LogP contribution in [-0.4, -0.2) is 36.1 Å². The molecule has 1 N–H and O–H groups in total. The van der Waals surface area contributed by atoms with Crippen LogP contribution < -0.4 is 5.32 Å². The molecule has 0 saturated heterocycles. The van der Waals surface area contributed by atoms with Gasteiger partial charge in [0.15, 0.2) is 20.8 Å². The molecule has 0 aliphatic heterocycles. The van der Waals surface area contributed by atoms with Crippen molar-refractivity contribution in [3.05, 3.63) is 10.6 Å². The Morgan fingerprint density at radius 3 is 2.64 bits per heavy atom. The fraction of sp³-hybridized carbons (Fsp3) is 0.706. The van der Waals surface area contributed by atoms with Crippen LogP contribution in [0.3, 0.4) is 0 Å². The lowest BCUT2D eigenvalue weighted by Crippen LogP contribution is -2.26. The van der Waals surface area contributed by atoms with E-state index in [0.717, 1.165) is 18.5 Å². The molecule has 0 unspecified atom stereocenters. The van der Waals surface area contributed by atoms with E-state index in [2.05, 4.69) is 10.3 Å². The first-order valence-corrected chi connectivity index (χ1v) is 11.2. The predicted molar refractivity (Wildman–Crippen MR) is 97.8 cm³/mol. The first-order valence-electron chi connectivity index (χ1n) is 8.71. The number of nitrogens with one attached hydrogen (secondary N) is 1. The second kappa shape index (κ2) is 6.79. The molecule has 0 aromatic carbocycles. The molecule has 0 radical (unpaired) electrons. The van der Waals surface area contributed by atoms with Gasteiger partial charge in [0.2, 0.25) is 5.91 Å². The van der Waals surface area contributed by atoms with E-state index in [9.17, 15) is 18.0 Å². The molecule has 1 aromatic rings. The second-order valence-electron chi connectivity index (χ2n) is 7.81. The molecule has 1 aromatic heterocycles. The maximum atomic E-state index is 12.2. The fourth-order valence-corrected chi connectivity index (χ4v) is 6.39. The highest BCUT2D eigenvalue weighted by Gasteiger charge is 2.34. The summed E-state index contributed by atoms with van der Waals surface area (Å²) in [6.07, 6.45) is 4.44. The third kappa shape index (κ3) is 4.28. The minimum Gasteiger partial charge on any atom is -0.302 e. The summed E-state index contributed by atoms with van der Waals surface area (Å²) in [6, 6.07) is 0. The Bertz CT molecular complexity index is 790. The Labute approximate surface area is 152 Å². The van der Waals surface area contributed by atoms with Gasteiger partial charge >= 0.3 is 0 Å². The first-order chi connectivity index (χ1) is 11.7. The molecular formula is C17H24N2O4S2. The number of fused-ring (bicyclic) bond motifs is 1. The van der Waals surface area contributed by atoms with Crippen molar-refractivity contribution in [1.29, 1.82) is 0 Å². The molecule has 1 fully saturated rings. The van der Waals surface area contributed by atoms with E-state index in [1.54, 1.807) is 0 Å². The van der Waals surface area contributed by atoms with Crippen LogP contribution in [0.2, 0.25) is 0 Å². The lowest BCUT2D eigenvalue weighted by molar-refractivity contribution is -0.115. The average Bonchev–Trinajstić information content (AvgIpc) is 3.14. The second-order valence-corrected chi connectivity index (χ2v) is 11.2. The van der Waals surface area contributed by atoms with Crippen LogP contribution in [-0.2, 0) is 21.1 Å². The number of Topliss-reactive ketones (excluding diaryl/α,β-unsaturated/α-hetero) is 1. The maximum absolute atomic E-state index is 12.2. The molecule has 0 spiro atoms. The van der Waals surface area contributed by atoms with Crippen LogP contribution in [0.25, 0.3) is 0 Å². The Hall–Kier alpha value is -1.28. The molecule has 1 amide bonds. The minimum absolute atomic E-state index is 0.0630. The highest BCUT2D eigenvalue weighted by atomic mass is 32.2. The van der Waals surface area contributed by atoms with Gasteiger partial charge in [-0.2, -0.15) is 0 Å². The largest absolute Gasteiger partial charge is 0.302 e. The van der Waals surface area contributed by atoms with Crippen LogP contribution in [0.1, 0.15) is 67.7 Å². The third-order valence-corrected chi connectivity index (χ3v) is 8.22. The van der Waals surface area contributed by atoms with Crippen LogP contribution in [0, 0.1) is 5.41 Å². The number of amides is 1. The molecule has 138 valence electrons. The van der Waals surface area contributed by atoms with Gasteiger partial charge in [-0.05, 0) is 24.7 Å². The zero-order valence-electron chi connectivity index (χ0n) is 14.6. The van der Waals surface area contributed by atoms with E-state index in [4.69, 9.17) is 0 Å². The standard InChI is InChI=1S/C17H24N2O4S2/c1-17(2)9-12-15(13(20)10-17)24-16(18-12)19-14(21)7-8-25(22,23)11-5-3-4-6-11/h11H,3-10H2,1-2H3,(H,18,19,21). The zero-order valence-corrected chi connectivity index (χ0v) is 16.3. The number of aromatic nitrogens is 1. The summed E-state index contributed by atoms with van der Waals surface area (Å²) in [5.41, 5.74) is 0.620. The van der Waals surface area contributed by atoms with Crippen molar-refractivity contribution in [2.24, 2.45) is 5.41 Å². The summed E-state index contributed by atoms with van der Waals surface area (Å²) in [4.78, 5) is 29.3. The van der Waals surface area contributed by atoms with Gasteiger partial charge in [0.25, 0.3) is 0 Å². The average molecular weight is 385 g/mol. The molecule has 2 aliphatic rings. The van der Waals surface area contributed by atoms with E-state index < -0.39 is 9.84 Å². The monoisotopic (exact) mass is 384 g/mol. The molecular weight excluding hydrogens is 360 g/mol. The van der Waals surface area contributed by atoms with E-state index in [1.165, 1.54) is 11.3 Å². The lowest BCUT2D eigenvalue weighted by atomic mass is 9.78. The summed E-state index contributed by atoms with van der Waals surface area (Å²) in [6.45, 7) is 4.05. The molecule has 25 heavy (non-hydrogen) atoms. The number of anilines is 1. The third-order valence-electron chi connectivity index (χ3n) is 4.91. The Balaban J connectivity index is 1.60. The van der Waals surface area contributed by atoms with Crippen molar-refractivity contribution in [2.75, 3.05) is 11.1 Å². The number of carbonyl (C=O) groups is 2. The Kier molecular flexibility index (Phi) is 5.03. The van der Waals surface area contributed by atoms with Crippen molar-refractivity contribution in [3.8, 4) is 0 Å². The normalized spacial score (nSPS) is 20.5. The lowest BCUT2D eigenvalue weighted by Gasteiger charge is -2.26. The highest BCUT2D eigenvalue weighted by Crippen LogP contribution is 2.38. The van der Waals surface area contributed by atoms with Crippen LogP contribution in [0.15, 0.2) is 0 Å². The number of carbonyl (C=O) groups excluding carboxylic acids is 2. The van der Waals surface area contributed by atoms with Gasteiger partial charge in [-0.1, -0.05) is 38.0 Å². The summed E-state index contributed by atoms with van der Waals surface area (Å²) >= 11 is 1.19. The van der Waals surface area contributed by atoms with E-state index in [0.29, 0.717) is 35.7 Å². The van der Waals surface area contributed by atoms with E-state index in [1.807, 2.05) is 13.8 Å².